The predicted octanol–water partition coefficient (Wildman–Crippen LogP) is 1.19. The van der Waals surface area contributed by atoms with Gasteiger partial charge in [0.25, 0.3) is 5.56 Å². The van der Waals surface area contributed by atoms with Gasteiger partial charge in [-0.15, -0.1) is 0 Å². The molecule has 0 bridgehead atoms. The third-order valence-corrected chi connectivity index (χ3v) is 5.06. The minimum Gasteiger partial charge on any atom is -0.314 e. The normalized spacial score (nSPS) is 25.5. The van der Waals surface area contributed by atoms with Crippen molar-refractivity contribution < 1.29 is 0 Å². The molecule has 2 aliphatic heterocycles. The molecular weight excluding hydrogens is 276 g/mol. The first-order valence-electron chi connectivity index (χ1n) is 8.14. The fourth-order valence-corrected chi connectivity index (χ4v) is 3.89. The molecule has 5 heteroatoms. The van der Waals surface area contributed by atoms with Crippen molar-refractivity contribution in [3.8, 4) is 0 Å². The van der Waals surface area contributed by atoms with E-state index >= 15 is 0 Å². The minimum absolute atomic E-state index is 0.0149. The maximum atomic E-state index is 12.3. The highest BCUT2D eigenvalue weighted by atomic mass is 16.1. The lowest BCUT2D eigenvalue weighted by molar-refractivity contribution is 0.154. The Morgan fingerprint density at radius 2 is 2.32 bits per heavy atom. The van der Waals surface area contributed by atoms with Crippen LogP contribution in [0.25, 0.3) is 5.65 Å². The Morgan fingerprint density at radius 1 is 1.41 bits per heavy atom. The van der Waals surface area contributed by atoms with E-state index in [1.54, 1.807) is 16.7 Å². The summed E-state index contributed by atoms with van der Waals surface area (Å²) in [7, 11) is 0. The molecule has 2 atom stereocenters. The van der Waals surface area contributed by atoms with Crippen molar-refractivity contribution in [2.45, 2.75) is 32.4 Å². The molecule has 22 heavy (non-hydrogen) atoms. The first-order chi connectivity index (χ1) is 10.7. The molecule has 0 amide bonds. The number of nitrogens with one attached hydrogen (secondary N) is 1. The summed E-state index contributed by atoms with van der Waals surface area (Å²) >= 11 is 0. The minimum atomic E-state index is 0.0149. The molecule has 2 aliphatic rings. The van der Waals surface area contributed by atoms with Crippen LogP contribution in [0, 0.1) is 12.8 Å². The number of aromatic nitrogens is 2. The van der Waals surface area contributed by atoms with Gasteiger partial charge in [-0.3, -0.25) is 14.1 Å². The molecule has 0 saturated carbocycles. The Hall–Kier alpha value is -1.72. The molecule has 0 radical (unpaired) electrons. The lowest BCUT2D eigenvalue weighted by Crippen LogP contribution is -2.44. The Bertz CT molecular complexity index is 754. The van der Waals surface area contributed by atoms with Crippen LogP contribution in [0.4, 0.5) is 0 Å². The van der Waals surface area contributed by atoms with Gasteiger partial charge in [-0.2, -0.15) is 0 Å². The number of fused-ring (bicyclic) bond motifs is 2. The van der Waals surface area contributed by atoms with E-state index in [-0.39, 0.29) is 5.56 Å². The van der Waals surface area contributed by atoms with E-state index in [0.29, 0.717) is 6.04 Å². The molecule has 116 valence electrons. The molecule has 4 heterocycles. The first kappa shape index (κ1) is 13.9. The van der Waals surface area contributed by atoms with Gasteiger partial charge in [0.2, 0.25) is 0 Å². The summed E-state index contributed by atoms with van der Waals surface area (Å²) in [6, 6.07) is 6.28. The first-order valence-corrected chi connectivity index (χ1v) is 8.14. The number of pyridine rings is 1. The van der Waals surface area contributed by atoms with E-state index in [1.807, 2.05) is 19.1 Å². The lowest BCUT2D eigenvalue weighted by Gasteiger charge is -2.34. The average Bonchev–Trinajstić information content (AvgIpc) is 2.96. The van der Waals surface area contributed by atoms with Crippen molar-refractivity contribution in [1.82, 2.24) is 19.6 Å². The summed E-state index contributed by atoms with van der Waals surface area (Å²) in [5, 5.41) is 3.59. The van der Waals surface area contributed by atoms with Crippen LogP contribution in [0.3, 0.4) is 0 Å². The van der Waals surface area contributed by atoms with E-state index in [9.17, 15) is 4.79 Å². The van der Waals surface area contributed by atoms with Gasteiger partial charge in [0.1, 0.15) is 5.65 Å². The summed E-state index contributed by atoms with van der Waals surface area (Å²) in [4.78, 5) is 19.4. The second-order valence-electron chi connectivity index (χ2n) is 6.60. The van der Waals surface area contributed by atoms with E-state index < -0.39 is 0 Å². The summed E-state index contributed by atoms with van der Waals surface area (Å²) in [6.45, 7) is 6.14. The highest BCUT2D eigenvalue weighted by Gasteiger charge is 2.32. The summed E-state index contributed by atoms with van der Waals surface area (Å²) < 4.78 is 1.63. The van der Waals surface area contributed by atoms with Gasteiger partial charge in [-0.1, -0.05) is 6.07 Å². The Labute approximate surface area is 130 Å². The largest absolute Gasteiger partial charge is 0.314 e. The van der Waals surface area contributed by atoms with Crippen LogP contribution in [0.1, 0.15) is 24.1 Å². The number of rotatable bonds is 2. The van der Waals surface area contributed by atoms with Crippen LogP contribution >= 0.6 is 0 Å². The molecule has 5 nitrogen and oxygen atoms in total. The lowest BCUT2D eigenvalue weighted by atomic mass is 9.93. The highest BCUT2D eigenvalue weighted by Crippen LogP contribution is 2.25. The van der Waals surface area contributed by atoms with Crippen molar-refractivity contribution in [2.24, 2.45) is 5.92 Å². The molecule has 0 aliphatic carbocycles. The van der Waals surface area contributed by atoms with Crippen molar-refractivity contribution in [3.05, 3.63) is 46.0 Å². The average molecular weight is 298 g/mol. The van der Waals surface area contributed by atoms with Gasteiger partial charge in [-0.05, 0) is 43.9 Å². The summed E-state index contributed by atoms with van der Waals surface area (Å²) in [5.74, 6) is 0.761. The topological polar surface area (TPSA) is 49.6 Å². The molecule has 2 unspecified atom stereocenters. The van der Waals surface area contributed by atoms with E-state index in [1.165, 1.54) is 12.8 Å². The quantitative estimate of drug-likeness (QED) is 0.905. The zero-order valence-corrected chi connectivity index (χ0v) is 13.0. The maximum Gasteiger partial charge on any atom is 0.258 e. The second kappa shape index (κ2) is 5.48. The SMILES string of the molecule is Cc1cccn2c(=O)cc(CN3CCC4NCCC4C3)nc12. The van der Waals surface area contributed by atoms with E-state index in [0.717, 1.165) is 49.0 Å². The number of hydrogen-bond acceptors (Lipinski definition) is 4. The van der Waals surface area contributed by atoms with Crippen LogP contribution in [0.15, 0.2) is 29.2 Å². The van der Waals surface area contributed by atoms with Gasteiger partial charge in [0.15, 0.2) is 0 Å². The summed E-state index contributed by atoms with van der Waals surface area (Å²) in [5.41, 5.74) is 2.73. The fourth-order valence-electron chi connectivity index (χ4n) is 3.89. The Balaban J connectivity index is 1.59. The van der Waals surface area contributed by atoms with Crippen LogP contribution in [-0.2, 0) is 6.54 Å². The standard InChI is InChI=1S/C17H22N4O/c1-12-3-2-7-21-16(22)9-14(19-17(12)21)11-20-8-5-15-13(10-20)4-6-18-15/h2-3,7,9,13,15,18H,4-6,8,10-11H2,1H3. The number of aryl methyl sites for hydroxylation is 1. The molecule has 2 aromatic heterocycles. The Morgan fingerprint density at radius 3 is 3.23 bits per heavy atom. The van der Waals surface area contributed by atoms with Crippen molar-refractivity contribution in [3.63, 3.8) is 0 Å². The van der Waals surface area contributed by atoms with Gasteiger partial charge < -0.3 is 5.32 Å². The fraction of sp³-hybridized carbons (Fsp3) is 0.529. The van der Waals surface area contributed by atoms with Gasteiger partial charge in [-0.25, -0.2) is 4.98 Å². The molecule has 4 rings (SSSR count). The van der Waals surface area contributed by atoms with Crippen LogP contribution in [-0.4, -0.2) is 40.0 Å². The van der Waals surface area contributed by atoms with Crippen molar-refractivity contribution >= 4 is 5.65 Å². The van der Waals surface area contributed by atoms with Crippen LogP contribution in [0.5, 0.6) is 0 Å². The zero-order chi connectivity index (χ0) is 15.1. The predicted molar refractivity (Wildman–Crippen MR) is 86.0 cm³/mol. The van der Waals surface area contributed by atoms with Gasteiger partial charge >= 0.3 is 0 Å². The molecular formula is C17H22N4O. The third kappa shape index (κ3) is 2.44. The van der Waals surface area contributed by atoms with Gasteiger partial charge in [0, 0.05) is 37.9 Å². The van der Waals surface area contributed by atoms with Crippen molar-refractivity contribution in [1.29, 1.82) is 0 Å². The van der Waals surface area contributed by atoms with E-state index in [4.69, 9.17) is 4.98 Å². The van der Waals surface area contributed by atoms with Gasteiger partial charge in [0.05, 0.1) is 5.69 Å². The number of piperidine rings is 1. The zero-order valence-electron chi connectivity index (χ0n) is 13.0. The van der Waals surface area contributed by atoms with Crippen LogP contribution in [0.2, 0.25) is 0 Å². The maximum absolute atomic E-state index is 12.3. The smallest absolute Gasteiger partial charge is 0.258 e. The molecule has 2 saturated heterocycles. The monoisotopic (exact) mass is 298 g/mol. The molecule has 2 aromatic rings. The van der Waals surface area contributed by atoms with Crippen molar-refractivity contribution in [2.75, 3.05) is 19.6 Å². The molecule has 2 fully saturated rings. The van der Waals surface area contributed by atoms with Crippen LogP contribution < -0.4 is 10.9 Å². The highest BCUT2D eigenvalue weighted by molar-refractivity contribution is 5.46. The molecule has 0 spiro atoms. The van der Waals surface area contributed by atoms with E-state index in [2.05, 4.69) is 10.2 Å². The number of likely N-dealkylation sites (tertiary alicyclic amines) is 1. The molecule has 1 N–H and O–H groups in total. The third-order valence-electron chi connectivity index (χ3n) is 5.06. The number of hydrogen-bond donors (Lipinski definition) is 1. The Kier molecular flexibility index (Phi) is 3.47. The number of nitrogens with zero attached hydrogens (tertiary/aromatic N) is 3. The molecule has 0 aromatic carbocycles. The summed E-state index contributed by atoms with van der Waals surface area (Å²) in [6.07, 6.45) is 4.27. The second-order valence-corrected chi connectivity index (χ2v) is 6.60.